The monoisotopic (exact) mass is 569 g/mol. The molecule has 3 aromatic carbocycles. The van der Waals surface area contributed by atoms with Gasteiger partial charge >= 0.3 is 12.0 Å². The fourth-order valence-electron chi connectivity index (χ4n) is 5.74. The summed E-state index contributed by atoms with van der Waals surface area (Å²) >= 11 is 0. The molecule has 224 valence electrons. The number of carbonyl (C=O) groups is 2. The van der Waals surface area contributed by atoms with Crippen LogP contribution in [0.2, 0.25) is 0 Å². The van der Waals surface area contributed by atoms with Crippen LogP contribution in [0.3, 0.4) is 0 Å². The number of methoxy groups -OCH3 is 1. The molecule has 1 fully saturated rings. The molecule has 0 radical (unpaired) electrons. The third-order valence-corrected chi connectivity index (χ3v) is 8.25. The van der Waals surface area contributed by atoms with Crippen molar-refractivity contribution in [2.75, 3.05) is 13.7 Å². The number of amides is 2. The first-order valence-corrected chi connectivity index (χ1v) is 15.0. The summed E-state index contributed by atoms with van der Waals surface area (Å²) in [5.41, 5.74) is 6.23. The zero-order valence-electron chi connectivity index (χ0n) is 26.2. The zero-order chi connectivity index (χ0) is 30.5. The van der Waals surface area contributed by atoms with Gasteiger partial charge in [-0.15, -0.1) is 0 Å². The molecule has 42 heavy (non-hydrogen) atoms. The van der Waals surface area contributed by atoms with E-state index in [0.717, 1.165) is 12.0 Å². The van der Waals surface area contributed by atoms with Crippen LogP contribution in [0.15, 0.2) is 78.9 Å². The Balaban J connectivity index is 1.50. The smallest absolute Gasteiger partial charge is 0.328 e. The molecule has 1 saturated heterocycles. The molecular formula is C36H47N3O3. The van der Waals surface area contributed by atoms with E-state index in [1.807, 2.05) is 30.3 Å². The fraction of sp³-hybridized carbons (Fsp3) is 0.444. The van der Waals surface area contributed by atoms with Gasteiger partial charge in [0.15, 0.2) is 0 Å². The van der Waals surface area contributed by atoms with Gasteiger partial charge in [0.1, 0.15) is 6.04 Å². The van der Waals surface area contributed by atoms with Crippen molar-refractivity contribution in [3.63, 3.8) is 0 Å². The average Bonchev–Trinajstić information content (AvgIpc) is 3.40. The summed E-state index contributed by atoms with van der Waals surface area (Å²) < 4.78 is 4.97. The molecule has 3 aromatic rings. The predicted molar refractivity (Wildman–Crippen MR) is 170 cm³/mol. The van der Waals surface area contributed by atoms with Crippen LogP contribution in [0.25, 0.3) is 0 Å². The van der Waals surface area contributed by atoms with Crippen molar-refractivity contribution in [1.29, 1.82) is 0 Å². The molecule has 2 unspecified atom stereocenters. The Kier molecular flexibility index (Phi) is 9.78. The van der Waals surface area contributed by atoms with Crippen molar-refractivity contribution in [3.8, 4) is 0 Å². The lowest BCUT2D eigenvalue weighted by Gasteiger charge is -2.28. The minimum absolute atomic E-state index is 0.0739. The number of hydrogen-bond acceptors (Lipinski definition) is 4. The molecule has 0 saturated carbocycles. The topological polar surface area (TPSA) is 79.5 Å². The summed E-state index contributed by atoms with van der Waals surface area (Å²) in [7, 11) is 1.34. The highest BCUT2D eigenvalue weighted by Gasteiger charge is 2.34. The molecule has 3 atom stereocenters. The maximum atomic E-state index is 13.0. The highest BCUT2D eigenvalue weighted by molar-refractivity contribution is 5.84. The van der Waals surface area contributed by atoms with Crippen LogP contribution >= 0.6 is 0 Å². The first-order valence-electron chi connectivity index (χ1n) is 15.0. The second-order valence-corrected chi connectivity index (χ2v) is 13.6. The van der Waals surface area contributed by atoms with Crippen molar-refractivity contribution >= 4 is 12.0 Å². The van der Waals surface area contributed by atoms with E-state index >= 15 is 0 Å². The first kappa shape index (κ1) is 31.3. The van der Waals surface area contributed by atoms with E-state index in [1.165, 1.54) is 29.4 Å². The molecule has 0 bridgehead atoms. The number of hydrogen-bond donors (Lipinski definition) is 3. The van der Waals surface area contributed by atoms with Crippen LogP contribution in [-0.4, -0.2) is 43.8 Å². The van der Waals surface area contributed by atoms with Crippen LogP contribution in [-0.2, 0) is 26.8 Å². The molecule has 1 aliphatic rings. The second kappa shape index (κ2) is 13.1. The number of carbonyl (C=O) groups excluding carboxylic acids is 2. The molecule has 2 amide bonds. The van der Waals surface area contributed by atoms with E-state index in [9.17, 15) is 9.59 Å². The molecule has 1 aliphatic heterocycles. The van der Waals surface area contributed by atoms with Crippen LogP contribution in [0.5, 0.6) is 0 Å². The van der Waals surface area contributed by atoms with E-state index < -0.39 is 12.0 Å². The highest BCUT2D eigenvalue weighted by atomic mass is 16.5. The summed E-state index contributed by atoms with van der Waals surface area (Å²) in [6, 6.07) is 26.5. The van der Waals surface area contributed by atoms with Gasteiger partial charge in [-0.3, -0.25) is 0 Å². The summed E-state index contributed by atoms with van der Waals surface area (Å²) in [4.78, 5) is 25.5. The van der Waals surface area contributed by atoms with Gasteiger partial charge in [0.2, 0.25) is 0 Å². The van der Waals surface area contributed by atoms with E-state index in [0.29, 0.717) is 13.0 Å². The van der Waals surface area contributed by atoms with Crippen molar-refractivity contribution in [1.82, 2.24) is 16.0 Å². The van der Waals surface area contributed by atoms with Gasteiger partial charge in [-0.05, 0) is 45.1 Å². The third kappa shape index (κ3) is 8.01. The molecule has 6 heteroatoms. The van der Waals surface area contributed by atoms with Gasteiger partial charge in [0.05, 0.1) is 7.11 Å². The van der Waals surface area contributed by atoms with Gasteiger partial charge < -0.3 is 20.7 Å². The Labute approximate surface area is 251 Å². The fourth-order valence-corrected chi connectivity index (χ4v) is 5.74. The van der Waals surface area contributed by atoms with Crippen LogP contribution in [0.1, 0.15) is 81.7 Å². The van der Waals surface area contributed by atoms with Crippen molar-refractivity contribution in [2.24, 2.45) is 0 Å². The van der Waals surface area contributed by atoms with Gasteiger partial charge in [0.25, 0.3) is 0 Å². The Morgan fingerprint density at radius 3 is 1.83 bits per heavy atom. The largest absolute Gasteiger partial charge is 0.467 e. The van der Waals surface area contributed by atoms with E-state index in [2.05, 4.69) is 106 Å². The van der Waals surface area contributed by atoms with Crippen LogP contribution < -0.4 is 16.0 Å². The summed E-state index contributed by atoms with van der Waals surface area (Å²) in [6.45, 7) is 14.0. The lowest BCUT2D eigenvalue weighted by atomic mass is 9.80. The van der Waals surface area contributed by atoms with E-state index in [4.69, 9.17) is 4.74 Å². The minimum Gasteiger partial charge on any atom is -0.467 e. The first-order chi connectivity index (χ1) is 19.8. The third-order valence-electron chi connectivity index (χ3n) is 8.25. The molecule has 3 N–H and O–H groups in total. The number of rotatable bonds is 8. The number of ether oxygens (including phenoxy) is 1. The standard InChI is InChI=1S/C36H47N3O3/c1-35(2,3)27-17-13-25(14-18-27)32(26-15-19-28(20-16-26)36(4,5)6)30-22-29(23-37-30)38-34(41)39-31(33(40)42-7)21-24-11-9-8-10-12-24/h8-20,29-32,37H,21-23H2,1-7H3,(H2,38,39,41)/t29?,30?,31-/m0/s1. The minimum atomic E-state index is -0.766. The Hall–Kier alpha value is -3.64. The van der Waals surface area contributed by atoms with Crippen molar-refractivity contribution in [2.45, 2.75) is 89.3 Å². The molecule has 0 spiro atoms. The number of urea groups is 1. The van der Waals surface area contributed by atoms with Crippen molar-refractivity contribution in [3.05, 3.63) is 107 Å². The van der Waals surface area contributed by atoms with E-state index in [-0.39, 0.29) is 34.9 Å². The maximum absolute atomic E-state index is 13.0. The molecule has 4 rings (SSSR count). The SMILES string of the molecule is COC(=O)[C@H](Cc1ccccc1)NC(=O)NC1CNC(C(c2ccc(C(C)(C)C)cc2)c2ccc(C(C)(C)C)cc2)C1. The number of esters is 1. The van der Waals surface area contributed by atoms with E-state index in [1.54, 1.807) is 0 Å². The maximum Gasteiger partial charge on any atom is 0.328 e. The molecular weight excluding hydrogens is 522 g/mol. The lowest BCUT2D eigenvalue weighted by molar-refractivity contribution is -0.142. The summed E-state index contributed by atoms with van der Waals surface area (Å²) in [5.74, 6) is -0.335. The lowest BCUT2D eigenvalue weighted by Crippen LogP contribution is -2.50. The summed E-state index contributed by atoms with van der Waals surface area (Å²) in [5, 5.41) is 9.63. The molecule has 1 heterocycles. The normalized spacial score (nSPS) is 18.0. The highest BCUT2D eigenvalue weighted by Crippen LogP contribution is 2.35. The zero-order valence-corrected chi connectivity index (χ0v) is 26.2. The van der Waals surface area contributed by atoms with Crippen LogP contribution in [0.4, 0.5) is 4.79 Å². The van der Waals surface area contributed by atoms with Gasteiger partial charge in [-0.2, -0.15) is 0 Å². The predicted octanol–water partition coefficient (Wildman–Crippen LogP) is 6.23. The molecule has 6 nitrogen and oxygen atoms in total. The van der Waals surface area contributed by atoms with Gasteiger partial charge in [-0.25, -0.2) is 9.59 Å². The van der Waals surface area contributed by atoms with Crippen molar-refractivity contribution < 1.29 is 14.3 Å². The Bertz CT molecular complexity index is 1270. The average molecular weight is 570 g/mol. The van der Waals surface area contributed by atoms with Crippen LogP contribution in [0, 0.1) is 0 Å². The number of nitrogens with one attached hydrogen (secondary N) is 3. The number of benzene rings is 3. The Morgan fingerprint density at radius 1 is 0.833 bits per heavy atom. The summed E-state index contributed by atoms with van der Waals surface area (Å²) in [6.07, 6.45) is 1.13. The van der Waals surface area contributed by atoms with Gasteiger partial charge in [-0.1, -0.05) is 120 Å². The second-order valence-electron chi connectivity index (χ2n) is 13.6. The molecule has 0 aromatic heterocycles. The Morgan fingerprint density at radius 2 is 1.36 bits per heavy atom. The quantitative estimate of drug-likeness (QED) is 0.281. The molecule has 0 aliphatic carbocycles. The van der Waals surface area contributed by atoms with Gasteiger partial charge in [0, 0.05) is 31.0 Å².